The third kappa shape index (κ3) is 9.40. The van der Waals surface area contributed by atoms with Crippen LogP contribution in [0, 0.1) is 11.6 Å². The summed E-state index contributed by atoms with van der Waals surface area (Å²) in [6.45, 7) is 3.46. The highest BCUT2D eigenvalue weighted by molar-refractivity contribution is 7.92. The maximum absolute atomic E-state index is 13.9. The smallest absolute Gasteiger partial charge is 0.243 e. The summed E-state index contributed by atoms with van der Waals surface area (Å²) in [4.78, 5) is 28.7. The van der Waals surface area contributed by atoms with Crippen LogP contribution in [0.1, 0.15) is 37.8 Å². The highest BCUT2D eigenvalue weighted by Gasteiger charge is 2.31. The summed E-state index contributed by atoms with van der Waals surface area (Å²) >= 11 is 12.5. The van der Waals surface area contributed by atoms with Crippen LogP contribution in [0.4, 0.5) is 14.5 Å². The molecule has 3 aromatic carbocycles. The summed E-state index contributed by atoms with van der Waals surface area (Å²) in [6, 6.07) is 15.8. The molecular weight excluding hydrogens is 607 g/mol. The van der Waals surface area contributed by atoms with Crippen molar-refractivity contribution in [1.29, 1.82) is 0 Å². The molecular formula is C30H33Cl2F2N3O4S. The Bertz CT molecular complexity index is 1510. The minimum absolute atomic E-state index is 0.00316. The van der Waals surface area contributed by atoms with E-state index in [1.807, 2.05) is 44.2 Å². The van der Waals surface area contributed by atoms with Crippen molar-refractivity contribution in [2.45, 2.75) is 51.7 Å². The molecule has 0 bridgehead atoms. The zero-order valence-electron chi connectivity index (χ0n) is 23.5. The van der Waals surface area contributed by atoms with Gasteiger partial charge in [-0.1, -0.05) is 59.6 Å². The molecule has 3 rings (SSSR count). The number of nitrogens with one attached hydrogen (secondary N) is 1. The lowest BCUT2D eigenvalue weighted by atomic mass is 10.0. The van der Waals surface area contributed by atoms with Crippen molar-refractivity contribution < 1.29 is 26.8 Å². The second-order valence-corrected chi connectivity index (χ2v) is 12.9. The highest BCUT2D eigenvalue weighted by atomic mass is 35.5. The van der Waals surface area contributed by atoms with Gasteiger partial charge in [0.25, 0.3) is 0 Å². The van der Waals surface area contributed by atoms with Crippen LogP contribution in [0.15, 0.2) is 66.7 Å². The second kappa shape index (κ2) is 14.8. The van der Waals surface area contributed by atoms with Gasteiger partial charge in [0, 0.05) is 48.1 Å². The van der Waals surface area contributed by atoms with Crippen LogP contribution in [-0.2, 0) is 32.6 Å². The Hall–Kier alpha value is -3.21. The molecule has 0 spiro atoms. The van der Waals surface area contributed by atoms with Gasteiger partial charge in [0.2, 0.25) is 21.8 Å². The van der Waals surface area contributed by atoms with Crippen LogP contribution in [0.3, 0.4) is 0 Å². The predicted molar refractivity (Wildman–Crippen MR) is 162 cm³/mol. The van der Waals surface area contributed by atoms with Gasteiger partial charge in [-0.25, -0.2) is 17.2 Å². The molecule has 2 amide bonds. The molecule has 0 aliphatic carbocycles. The molecule has 0 heterocycles. The molecule has 3 aromatic rings. The first-order chi connectivity index (χ1) is 19.8. The Morgan fingerprint density at radius 2 is 1.64 bits per heavy atom. The molecule has 0 saturated heterocycles. The molecule has 1 unspecified atom stereocenters. The summed E-state index contributed by atoms with van der Waals surface area (Å²) in [5.74, 6) is -3.07. The minimum atomic E-state index is -3.88. The summed E-state index contributed by atoms with van der Waals surface area (Å²) in [5, 5.41) is 3.63. The SMILES string of the molecule is CC(C)NC(=O)C(Cc1ccccc1)N(Cc1ccc(Cl)cc1Cl)C(=O)CCCN(c1ccc(F)c(F)c1)S(C)(=O)=O. The highest BCUT2D eigenvalue weighted by Crippen LogP contribution is 2.25. The number of hydrogen-bond donors (Lipinski definition) is 1. The molecule has 226 valence electrons. The number of amides is 2. The van der Waals surface area contributed by atoms with Gasteiger partial charge in [-0.05, 0) is 55.7 Å². The van der Waals surface area contributed by atoms with E-state index in [1.165, 1.54) is 4.90 Å². The van der Waals surface area contributed by atoms with Crippen molar-refractivity contribution in [3.8, 4) is 0 Å². The number of sulfonamides is 1. The number of carbonyl (C=O) groups excluding carboxylic acids is 2. The number of rotatable bonds is 13. The Morgan fingerprint density at radius 1 is 0.952 bits per heavy atom. The van der Waals surface area contributed by atoms with E-state index in [4.69, 9.17) is 23.2 Å². The molecule has 0 aliphatic heterocycles. The fourth-order valence-corrected chi connectivity index (χ4v) is 5.84. The van der Waals surface area contributed by atoms with E-state index in [-0.39, 0.29) is 50.0 Å². The largest absolute Gasteiger partial charge is 0.352 e. The number of anilines is 1. The molecule has 0 radical (unpaired) electrons. The molecule has 0 fully saturated rings. The third-order valence-electron chi connectivity index (χ3n) is 6.40. The van der Waals surface area contributed by atoms with Crippen LogP contribution < -0.4 is 9.62 Å². The number of nitrogens with zero attached hydrogens (tertiary/aromatic N) is 2. The van der Waals surface area contributed by atoms with Crippen molar-refractivity contribution in [3.63, 3.8) is 0 Å². The average Bonchev–Trinajstić information content (AvgIpc) is 2.90. The quantitative estimate of drug-likeness (QED) is 0.249. The number of benzene rings is 3. The first kappa shape index (κ1) is 33.3. The van der Waals surface area contributed by atoms with Crippen LogP contribution >= 0.6 is 23.2 Å². The maximum Gasteiger partial charge on any atom is 0.243 e. The fraction of sp³-hybridized carbons (Fsp3) is 0.333. The van der Waals surface area contributed by atoms with Gasteiger partial charge in [-0.15, -0.1) is 0 Å². The van der Waals surface area contributed by atoms with E-state index in [9.17, 15) is 26.8 Å². The summed E-state index contributed by atoms with van der Waals surface area (Å²) in [5.41, 5.74) is 1.35. The summed E-state index contributed by atoms with van der Waals surface area (Å²) < 4.78 is 53.2. The van der Waals surface area contributed by atoms with Crippen molar-refractivity contribution >= 4 is 50.7 Å². The zero-order chi connectivity index (χ0) is 31.0. The molecule has 0 saturated carbocycles. The Kier molecular flexibility index (Phi) is 11.7. The lowest BCUT2D eigenvalue weighted by molar-refractivity contribution is -0.141. The van der Waals surface area contributed by atoms with E-state index in [2.05, 4.69) is 5.32 Å². The minimum Gasteiger partial charge on any atom is -0.352 e. The first-order valence-corrected chi connectivity index (χ1v) is 15.9. The Morgan fingerprint density at radius 3 is 2.24 bits per heavy atom. The molecule has 42 heavy (non-hydrogen) atoms. The topological polar surface area (TPSA) is 86.8 Å². The molecule has 1 N–H and O–H groups in total. The lowest BCUT2D eigenvalue weighted by Gasteiger charge is -2.32. The van der Waals surface area contributed by atoms with Gasteiger partial charge in [-0.3, -0.25) is 13.9 Å². The molecule has 0 aromatic heterocycles. The lowest BCUT2D eigenvalue weighted by Crippen LogP contribution is -2.51. The van der Waals surface area contributed by atoms with Gasteiger partial charge in [0.1, 0.15) is 6.04 Å². The standard InChI is InChI=1S/C30H33Cl2F2N3O4S/c1-20(2)35-30(39)28(16-21-8-5-4-6-9-21)36(19-22-11-12-23(31)17-25(22)32)29(38)10-7-15-37(42(3,40)41)24-13-14-26(33)27(34)18-24/h4-6,8-9,11-14,17-18,20,28H,7,10,15-16,19H2,1-3H3,(H,35,39). The Balaban J connectivity index is 1.91. The van der Waals surface area contributed by atoms with Crippen molar-refractivity contribution in [2.75, 3.05) is 17.1 Å². The van der Waals surface area contributed by atoms with E-state index in [1.54, 1.807) is 18.2 Å². The molecule has 7 nitrogen and oxygen atoms in total. The first-order valence-electron chi connectivity index (χ1n) is 13.3. The third-order valence-corrected chi connectivity index (χ3v) is 8.18. The van der Waals surface area contributed by atoms with Gasteiger partial charge in [0.05, 0.1) is 11.9 Å². The second-order valence-electron chi connectivity index (χ2n) is 10.2. The average molecular weight is 641 g/mol. The van der Waals surface area contributed by atoms with Crippen LogP contribution in [0.2, 0.25) is 10.0 Å². The van der Waals surface area contributed by atoms with E-state index in [0.29, 0.717) is 15.6 Å². The fourth-order valence-electron chi connectivity index (χ4n) is 4.41. The monoisotopic (exact) mass is 639 g/mol. The normalized spacial score (nSPS) is 12.2. The van der Waals surface area contributed by atoms with E-state index < -0.39 is 33.6 Å². The van der Waals surface area contributed by atoms with Gasteiger partial charge >= 0.3 is 0 Å². The predicted octanol–water partition coefficient (Wildman–Crippen LogP) is 5.98. The van der Waals surface area contributed by atoms with Crippen molar-refractivity contribution in [1.82, 2.24) is 10.2 Å². The maximum atomic E-state index is 13.9. The molecule has 12 heteroatoms. The van der Waals surface area contributed by atoms with Crippen LogP contribution in [-0.4, -0.2) is 50.0 Å². The van der Waals surface area contributed by atoms with Gasteiger partial charge in [0.15, 0.2) is 11.6 Å². The number of carbonyl (C=O) groups is 2. The van der Waals surface area contributed by atoms with Gasteiger partial charge in [-0.2, -0.15) is 0 Å². The zero-order valence-corrected chi connectivity index (χ0v) is 25.8. The van der Waals surface area contributed by atoms with Gasteiger partial charge < -0.3 is 10.2 Å². The van der Waals surface area contributed by atoms with E-state index >= 15 is 0 Å². The van der Waals surface area contributed by atoms with Crippen molar-refractivity contribution in [2.24, 2.45) is 0 Å². The summed E-state index contributed by atoms with van der Waals surface area (Å²) in [6.07, 6.45) is 1.07. The number of hydrogen-bond acceptors (Lipinski definition) is 4. The van der Waals surface area contributed by atoms with Crippen LogP contribution in [0.25, 0.3) is 0 Å². The molecule has 0 aliphatic rings. The molecule has 1 atom stereocenters. The number of halogens is 4. The van der Waals surface area contributed by atoms with Crippen molar-refractivity contribution in [3.05, 3.63) is 99.5 Å². The Labute approximate surface area is 255 Å². The van der Waals surface area contributed by atoms with Crippen LogP contribution in [0.5, 0.6) is 0 Å². The van der Waals surface area contributed by atoms with E-state index in [0.717, 1.165) is 34.3 Å². The summed E-state index contributed by atoms with van der Waals surface area (Å²) in [7, 11) is -3.88.